The number of alkyl halides is 3. The molecule has 0 aliphatic heterocycles. The van der Waals surface area contributed by atoms with Gasteiger partial charge in [-0.3, -0.25) is 9.59 Å². The predicted octanol–water partition coefficient (Wildman–Crippen LogP) is 4.97. The summed E-state index contributed by atoms with van der Waals surface area (Å²) in [4.78, 5) is 23.9. The largest absolute Gasteiger partial charge is 0.482 e. The van der Waals surface area contributed by atoms with Crippen LogP contribution in [0, 0.1) is 0 Å². The molecule has 0 saturated carbocycles. The lowest BCUT2D eigenvalue weighted by Crippen LogP contribution is -2.20. The summed E-state index contributed by atoms with van der Waals surface area (Å²) < 4.78 is 41.8. The zero-order valence-corrected chi connectivity index (χ0v) is 16.2. The van der Waals surface area contributed by atoms with E-state index in [0.717, 1.165) is 4.90 Å². The maximum Gasteiger partial charge on any atom is 0.422 e. The van der Waals surface area contributed by atoms with Crippen molar-refractivity contribution in [3.63, 3.8) is 0 Å². The van der Waals surface area contributed by atoms with Crippen LogP contribution in [0.3, 0.4) is 0 Å². The Hall–Kier alpha value is -2.39. The van der Waals surface area contributed by atoms with E-state index in [1.165, 1.54) is 36.9 Å². The van der Waals surface area contributed by atoms with Crippen molar-refractivity contribution in [2.45, 2.75) is 18.0 Å². The number of anilines is 2. The smallest absolute Gasteiger partial charge is 0.422 e. The van der Waals surface area contributed by atoms with E-state index >= 15 is 0 Å². The van der Waals surface area contributed by atoms with Gasteiger partial charge < -0.3 is 15.4 Å². The van der Waals surface area contributed by atoms with Crippen molar-refractivity contribution in [3.8, 4) is 5.75 Å². The molecule has 2 rings (SSSR count). The molecule has 10 heteroatoms. The van der Waals surface area contributed by atoms with Crippen LogP contribution in [0.5, 0.6) is 5.75 Å². The average Bonchev–Trinajstić information content (AvgIpc) is 2.59. The number of nitrogens with one attached hydrogen (secondary N) is 2. The zero-order valence-electron chi connectivity index (χ0n) is 14.6. The first-order valence-corrected chi connectivity index (χ1v) is 9.28. The maximum absolute atomic E-state index is 12.4. The molecule has 0 atom stereocenters. The highest BCUT2D eigenvalue weighted by Gasteiger charge is 2.29. The molecule has 0 unspecified atom stereocenters. The van der Waals surface area contributed by atoms with Gasteiger partial charge in [0.15, 0.2) is 6.61 Å². The molecule has 2 aromatic rings. The van der Waals surface area contributed by atoms with Gasteiger partial charge in [-0.05, 0) is 42.5 Å². The highest BCUT2D eigenvalue weighted by Crippen LogP contribution is 2.30. The summed E-state index contributed by atoms with van der Waals surface area (Å²) in [5.74, 6) is -0.732. The minimum atomic E-state index is -4.50. The molecule has 0 aromatic heterocycles. The van der Waals surface area contributed by atoms with Gasteiger partial charge in [0.2, 0.25) is 11.8 Å². The fourth-order valence-corrected chi connectivity index (χ4v) is 2.93. The van der Waals surface area contributed by atoms with Gasteiger partial charge in [-0.1, -0.05) is 11.6 Å². The topological polar surface area (TPSA) is 67.4 Å². The van der Waals surface area contributed by atoms with Crippen molar-refractivity contribution in [1.82, 2.24) is 0 Å². The summed E-state index contributed by atoms with van der Waals surface area (Å²) in [7, 11) is 0. The fraction of sp³-hybridized carbons (Fsp3) is 0.222. The summed E-state index contributed by atoms with van der Waals surface area (Å²) in [6, 6.07) is 10.8. The quantitative estimate of drug-likeness (QED) is 0.606. The third-order valence-corrected chi connectivity index (χ3v) is 4.40. The normalized spacial score (nSPS) is 11.0. The lowest BCUT2D eigenvalue weighted by molar-refractivity contribution is -0.153. The van der Waals surface area contributed by atoms with E-state index in [9.17, 15) is 22.8 Å². The standard InChI is InChI=1S/C18H16ClF3N2O3S/c1-11(25)23-13-3-5-14(6-4-13)28-9-17(26)24-15-8-12(19)2-7-16(15)27-10-18(20,21)22/h2-8H,9-10H2,1H3,(H,23,25)(H,24,26). The Morgan fingerprint density at radius 2 is 1.79 bits per heavy atom. The monoisotopic (exact) mass is 432 g/mol. The number of hydrogen-bond acceptors (Lipinski definition) is 4. The van der Waals surface area contributed by atoms with Gasteiger partial charge in [0.25, 0.3) is 0 Å². The lowest BCUT2D eigenvalue weighted by atomic mass is 10.3. The third kappa shape index (κ3) is 7.69. The van der Waals surface area contributed by atoms with Gasteiger partial charge in [0.05, 0.1) is 11.4 Å². The molecule has 0 aliphatic carbocycles. The third-order valence-electron chi connectivity index (χ3n) is 3.15. The van der Waals surface area contributed by atoms with E-state index in [0.29, 0.717) is 5.69 Å². The Bertz CT molecular complexity index is 845. The number of carbonyl (C=O) groups excluding carboxylic acids is 2. The van der Waals surface area contributed by atoms with Gasteiger partial charge in [0.1, 0.15) is 5.75 Å². The second-order valence-corrected chi connectivity index (χ2v) is 7.07. The molecule has 5 nitrogen and oxygen atoms in total. The van der Waals surface area contributed by atoms with Crippen LogP contribution in [0.1, 0.15) is 6.92 Å². The Morgan fingerprint density at radius 3 is 2.39 bits per heavy atom. The summed E-state index contributed by atoms with van der Waals surface area (Å²) >= 11 is 7.07. The second-order valence-electron chi connectivity index (χ2n) is 5.59. The van der Waals surface area contributed by atoms with Gasteiger partial charge in [-0.25, -0.2) is 0 Å². The van der Waals surface area contributed by atoms with Crippen LogP contribution in [-0.4, -0.2) is 30.4 Å². The SMILES string of the molecule is CC(=O)Nc1ccc(SCC(=O)Nc2cc(Cl)ccc2OCC(F)(F)F)cc1. The molecular formula is C18H16ClF3N2O3S. The first-order chi connectivity index (χ1) is 13.1. The minimum Gasteiger partial charge on any atom is -0.482 e. The number of halogens is 4. The number of thioether (sulfide) groups is 1. The summed E-state index contributed by atoms with van der Waals surface area (Å²) in [6.45, 7) is -0.0809. The Kier molecular flexibility index (Phi) is 7.59. The van der Waals surface area contributed by atoms with Crippen LogP contribution in [0.25, 0.3) is 0 Å². The molecule has 2 amide bonds. The van der Waals surface area contributed by atoms with Crippen molar-refractivity contribution in [2.75, 3.05) is 23.0 Å². The Morgan fingerprint density at radius 1 is 1.11 bits per heavy atom. The molecule has 0 heterocycles. The highest BCUT2D eigenvalue weighted by molar-refractivity contribution is 8.00. The van der Waals surface area contributed by atoms with E-state index in [2.05, 4.69) is 10.6 Å². The number of amides is 2. The molecule has 0 fully saturated rings. The number of benzene rings is 2. The van der Waals surface area contributed by atoms with E-state index in [4.69, 9.17) is 16.3 Å². The van der Waals surface area contributed by atoms with Crippen LogP contribution in [0.2, 0.25) is 5.02 Å². The molecule has 28 heavy (non-hydrogen) atoms. The van der Waals surface area contributed by atoms with Crippen molar-refractivity contribution in [2.24, 2.45) is 0 Å². The Balaban J connectivity index is 1.95. The molecule has 2 aromatic carbocycles. The van der Waals surface area contributed by atoms with Crippen molar-refractivity contribution >= 4 is 46.6 Å². The van der Waals surface area contributed by atoms with Gasteiger partial charge >= 0.3 is 6.18 Å². The van der Waals surface area contributed by atoms with Gasteiger partial charge in [-0.15, -0.1) is 11.8 Å². The minimum absolute atomic E-state index is 0.0186. The zero-order chi connectivity index (χ0) is 20.7. The first-order valence-electron chi connectivity index (χ1n) is 7.92. The summed E-state index contributed by atoms with van der Waals surface area (Å²) in [5, 5.41) is 5.38. The van der Waals surface area contributed by atoms with Crippen molar-refractivity contribution in [3.05, 3.63) is 47.5 Å². The number of ether oxygens (including phenoxy) is 1. The van der Waals surface area contributed by atoms with Gasteiger partial charge in [0, 0.05) is 22.5 Å². The molecule has 0 aliphatic rings. The number of hydrogen-bond donors (Lipinski definition) is 2. The van der Waals surface area contributed by atoms with Crippen LogP contribution >= 0.6 is 23.4 Å². The fourth-order valence-electron chi connectivity index (χ4n) is 2.06. The van der Waals surface area contributed by atoms with Crippen molar-refractivity contribution in [1.29, 1.82) is 0 Å². The van der Waals surface area contributed by atoms with E-state index in [1.807, 2.05) is 0 Å². The number of rotatable bonds is 7. The van der Waals surface area contributed by atoms with E-state index < -0.39 is 18.7 Å². The second kappa shape index (κ2) is 9.70. The molecule has 0 saturated heterocycles. The van der Waals surface area contributed by atoms with Crippen molar-refractivity contribution < 1.29 is 27.5 Å². The average molecular weight is 433 g/mol. The summed E-state index contributed by atoms with van der Waals surface area (Å²) in [6.07, 6.45) is -4.50. The van der Waals surface area contributed by atoms with E-state index in [-0.39, 0.29) is 28.1 Å². The summed E-state index contributed by atoms with van der Waals surface area (Å²) in [5.41, 5.74) is 0.690. The van der Waals surface area contributed by atoms with Crippen LogP contribution in [0.4, 0.5) is 24.5 Å². The van der Waals surface area contributed by atoms with E-state index in [1.54, 1.807) is 24.3 Å². The molecule has 0 bridgehead atoms. The highest BCUT2D eigenvalue weighted by atomic mass is 35.5. The van der Waals surface area contributed by atoms with Gasteiger partial charge in [-0.2, -0.15) is 13.2 Å². The molecule has 150 valence electrons. The van der Waals surface area contributed by atoms with Crippen LogP contribution < -0.4 is 15.4 Å². The maximum atomic E-state index is 12.4. The lowest BCUT2D eigenvalue weighted by Gasteiger charge is -2.14. The Labute approximate surface area is 168 Å². The molecule has 0 spiro atoms. The first kappa shape index (κ1) is 21.9. The number of carbonyl (C=O) groups is 2. The molecular weight excluding hydrogens is 417 g/mol. The van der Waals surface area contributed by atoms with Crippen LogP contribution in [0.15, 0.2) is 47.4 Å². The van der Waals surface area contributed by atoms with Crippen LogP contribution in [-0.2, 0) is 9.59 Å². The predicted molar refractivity (Wildman–Crippen MR) is 103 cm³/mol. The molecule has 0 radical (unpaired) electrons. The molecule has 2 N–H and O–H groups in total.